The van der Waals surface area contributed by atoms with Gasteiger partial charge in [0.05, 0.1) is 18.3 Å². The summed E-state index contributed by atoms with van der Waals surface area (Å²) in [7, 11) is 0. The first-order valence-corrected chi connectivity index (χ1v) is 14.4. The molecule has 7 nitrogen and oxygen atoms in total. The molecule has 1 atom stereocenters. The van der Waals surface area contributed by atoms with Gasteiger partial charge in [0.1, 0.15) is 11.2 Å². The Kier molecular flexibility index (Phi) is 9.15. The van der Waals surface area contributed by atoms with E-state index < -0.39 is 5.54 Å². The van der Waals surface area contributed by atoms with Crippen LogP contribution in [0.15, 0.2) is 22.8 Å². The molecule has 4 rings (SSSR count). The summed E-state index contributed by atoms with van der Waals surface area (Å²) in [6, 6.07) is 3.93. The van der Waals surface area contributed by atoms with E-state index in [1.165, 1.54) is 38.5 Å². The molecule has 0 saturated heterocycles. The van der Waals surface area contributed by atoms with Gasteiger partial charge in [-0.3, -0.25) is 9.59 Å². The second-order valence-corrected chi connectivity index (χ2v) is 11.1. The molecule has 1 aliphatic heterocycles. The molecule has 1 aliphatic carbocycles. The predicted molar refractivity (Wildman–Crippen MR) is 144 cm³/mol. The van der Waals surface area contributed by atoms with E-state index in [4.69, 9.17) is 4.42 Å². The number of fused-ring (bicyclic) bond motifs is 3. The van der Waals surface area contributed by atoms with Gasteiger partial charge in [0.15, 0.2) is 5.58 Å². The third-order valence-electron chi connectivity index (χ3n) is 8.24. The Morgan fingerprint density at radius 2 is 1.75 bits per heavy atom. The number of aromatic nitrogens is 1. The zero-order valence-electron chi connectivity index (χ0n) is 22.7. The average Bonchev–Trinajstić information content (AvgIpc) is 3.36. The zero-order chi connectivity index (χ0) is 25.5. The Morgan fingerprint density at radius 1 is 1.08 bits per heavy atom. The summed E-state index contributed by atoms with van der Waals surface area (Å²) < 4.78 is 7.59. The minimum atomic E-state index is -0.933. The fourth-order valence-electron chi connectivity index (χ4n) is 5.94. The summed E-state index contributed by atoms with van der Waals surface area (Å²) in [5, 5.41) is 3.36. The molecule has 0 unspecified atom stereocenters. The number of carbonyl (C=O) groups excluding carboxylic acids is 2. The summed E-state index contributed by atoms with van der Waals surface area (Å²) >= 11 is 0. The van der Waals surface area contributed by atoms with Crippen LogP contribution in [0, 0.1) is 0 Å². The molecule has 1 fully saturated rings. The molecular formula is C29H46N4O3. The lowest BCUT2D eigenvalue weighted by atomic mass is 9.93. The molecule has 3 heterocycles. The number of amides is 2. The maximum Gasteiger partial charge on any atom is 0.271 e. The molecule has 200 valence electrons. The number of carbonyl (C=O) groups is 2. The van der Waals surface area contributed by atoms with Gasteiger partial charge < -0.3 is 24.1 Å². The van der Waals surface area contributed by atoms with Crippen molar-refractivity contribution in [2.75, 3.05) is 26.2 Å². The van der Waals surface area contributed by atoms with Crippen LogP contribution in [-0.4, -0.2) is 63.9 Å². The van der Waals surface area contributed by atoms with Crippen molar-refractivity contribution >= 4 is 22.9 Å². The highest BCUT2D eigenvalue weighted by molar-refractivity contribution is 6.02. The van der Waals surface area contributed by atoms with Gasteiger partial charge in [0, 0.05) is 24.7 Å². The molecule has 0 bridgehead atoms. The van der Waals surface area contributed by atoms with E-state index in [1.807, 2.05) is 28.5 Å². The molecule has 0 aromatic carbocycles. The van der Waals surface area contributed by atoms with Crippen LogP contribution >= 0.6 is 0 Å². The van der Waals surface area contributed by atoms with Gasteiger partial charge >= 0.3 is 0 Å². The molecule has 2 aromatic rings. The molecule has 2 amide bonds. The van der Waals surface area contributed by atoms with Gasteiger partial charge in [-0.05, 0) is 58.7 Å². The number of rotatable bonds is 12. The summed E-state index contributed by atoms with van der Waals surface area (Å²) in [5.74, 6) is -0.0904. The Labute approximate surface area is 216 Å². The Hall–Kier alpha value is -2.28. The first-order chi connectivity index (χ1) is 17.5. The van der Waals surface area contributed by atoms with Crippen LogP contribution in [0.1, 0.15) is 102 Å². The van der Waals surface area contributed by atoms with Crippen molar-refractivity contribution in [2.24, 2.45) is 0 Å². The molecule has 7 heteroatoms. The molecule has 2 aromatic heterocycles. The van der Waals surface area contributed by atoms with E-state index in [2.05, 4.69) is 24.1 Å². The molecule has 0 radical (unpaired) electrons. The van der Waals surface area contributed by atoms with Crippen LogP contribution in [0.5, 0.6) is 0 Å². The molecule has 2 aliphatic rings. The average molecular weight is 499 g/mol. The molecule has 1 N–H and O–H groups in total. The molecule has 0 spiro atoms. The number of furan rings is 1. The van der Waals surface area contributed by atoms with Crippen LogP contribution in [0.4, 0.5) is 0 Å². The third kappa shape index (κ3) is 5.82. The van der Waals surface area contributed by atoms with Gasteiger partial charge in [-0.2, -0.15) is 0 Å². The summed E-state index contributed by atoms with van der Waals surface area (Å²) in [6.07, 6.45) is 14.1. The molecular weight excluding hydrogens is 452 g/mol. The minimum Gasteiger partial charge on any atom is -0.463 e. The van der Waals surface area contributed by atoms with E-state index in [0.29, 0.717) is 24.4 Å². The van der Waals surface area contributed by atoms with E-state index in [-0.39, 0.29) is 17.9 Å². The van der Waals surface area contributed by atoms with Crippen molar-refractivity contribution in [2.45, 2.75) is 110 Å². The normalized spacial score (nSPS) is 21.2. The second-order valence-electron chi connectivity index (χ2n) is 11.1. The van der Waals surface area contributed by atoms with Crippen LogP contribution in [0.3, 0.4) is 0 Å². The van der Waals surface area contributed by atoms with Crippen molar-refractivity contribution in [1.29, 1.82) is 0 Å². The number of nitrogens with zero attached hydrogens (tertiary/aromatic N) is 3. The number of hydrogen-bond donors (Lipinski definition) is 1. The van der Waals surface area contributed by atoms with E-state index >= 15 is 0 Å². The maximum absolute atomic E-state index is 13.9. The molecule has 36 heavy (non-hydrogen) atoms. The lowest BCUT2D eigenvalue weighted by Crippen LogP contribution is -2.65. The highest BCUT2D eigenvalue weighted by atomic mass is 16.3. The van der Waals surface area contributed by atoms with Gasteiger partial charge in [0.25, 0.3) is 5.91 Å². The number of unbranched alkanes of at least 4 members (excludes halogenated alkanes) is 2. The van der Waals surface area contributed by atoms with Crippen LogP contribution in [-0.2, 0) is 11.3 Å². The largest absolute Gasteiger partial charge is 0.463 e. The lowest BCUT2D eigenvalue weighted by molar-refractivity contribution is -0.133. The fraction of sp³-hybridized carbons (Fsp3) is 0.724. The van der Waals surface area contributed by atoms with E-state index in [1.54, 1.807) is 6.26 Å². The maximum atomic E-state index is 13.9. The van der Waals surface area contributed by atoms with Crippen molar-refractivity contribution in [3.8, 4) is 0 Å². The van der Waals surface area contributed by atoms with Crippen molar-refractivity contribution < 1.29 is 14.0 Å². The first-order valence-electron chi connectivity index (χ1n) is 14.4. The van der Waals surface area contributed by atoms with Gasteiger partial charge in [-0.1, -0.05) is 52.4 Å². The predicted octanol–water partition coefficient (Wildman–Crippen LogP) is 5.58. The SMILES string of the molecule is CCCCN(CCCC)CCCN1C(=O)c2cc3occc3n2C[C@]1(C)C(=O)NC1CCCCCC1. The summed E-state index contributed by atoms with van der Waals surface area (Å²) in [6.45, 7) is 10.6. The quantitative estimate of drug-likeness (QED) is 0.388. The van der Waals surface area contributed by atoms with Crippen LogP contribution < -0.4 is 5.32 Å². The monoisotopic (exact) mass is 498 g/mol. The number of hydrogen-bond acceptors (Lipinski definition) is 4. The second kappa shape index (κ2) is 12.3. The minimum absolute atomic E-state index is 0.0208. The molecule has 1 saturated carbocycles. The standard InChI is InChI=1S/C29H46N4O3/c1-4-6-16-31(17-7-5-2)18-12-19-33-27(34)25-21-26-24(15-20-36-26)32(25)22-29(33,3)28(35)30-23-13-10-8-9-11-14-23/h15,20-21,23H,4-14,16-19,22H2,1-3H3,(H,30,35)/t29-/m1/s1. The highest BCUT2D eigenvalue weighted by Gasteiger charge is 2.48. The third-order valence-corrected chi connectivity index (χ3v) is 8.24. The topological polar surface area (TPSA) is 70.7 Å². The Balaban J connectivity index is 1.53. The van der Waals surface area contributed by atoms with E-state index in [0.717, 1.165) is 57.3 Å². The smallest absolute Gasteiger partial charge is 0.271 e. The van der Waals surface area contributed by atoms with Crippen LogP contribution in [0.2, 0.25) is 0 Å². The number of nitrogens with one attached hydrogen (secondary N) is 1. The van der Waals surface area contributed by atoms with Gasteiger partial charge in [-0.15, -0.1) is 0 Å². The zero-order valence-corrected chi connectivity index (χ0v) is 22.7. The van der Waals surface area contributed by atoms with Crippen molar-refractivity contribution in [3.05, 3.63) is 24.1 Å². The summed E-state index contributed by atoms with van der Waals surface area (Å²) in [5.41, 5.74) is 1.28. The fourth-order valence-corrected chi connectivity index (χ4v) is 5.94. The van der Waals surface area contributed by atoms with Gasteiger partial charge in [-0.25, -0.2) is 0 Å². The van der Waals surface area contributed by atoms with Crippen molar-refractivity contribution in [1.82, 2.24) is 19.7 Å². The first kappa shape index (κ1) is 26.8. The lowest BCUT2D eigenvalue weighted by Gasteiger charge is -2.44. The van der Waals surface area contributed by atoms with Crippen molar-refractivity contribution in [3.63, 3.8) is 0 Å². The Morgan fingerprint density at radius 3 is 2.42 bits per heavy atom. The Bertz CT molecular complexity index is 995. The van der Waals surface area contributed by atoms with Crippen LogP contribution in [0.25, 0.3) is 11.1 Å². The highest BCUT2D eigenvalue weighted by Crippen LogP contribution is 2.33. The summed E-state index contributed by atoms with van der Waals surface area (Å²) in [4.78, 5) is 32.1. The van der Waals surface area contributed by atoms with E-state index in [9.17, 15) is 9.59 Å². The van der Waals surface area contributed by atoms with Gasteiger partial charge in [0.2, 0.25) is 5.91 Å².